The van der Waals surface area contributed by atoms with Crippen molar-refractivity contribution in [2.45, 2.75) is 19.9 Å². The smallest absolute Gasteiger partial charge is 0.255 e. The number of ether oxygens (including phenoxy) is 1. The molecule has 1 amide bonds. The highest BCUT2D eigenvalue weighted by atomic mass is 16.5. The van der Waals surface area contributed by atoms with Gasteiger partial charge in [0.25, 0.3) is 5.91 Å². The number of amides is 1. The summed E-state index contributed by atoms with van der Waals surface area (Å²) in [5.74, 6) is -0.103. The summed E-state index contributed by atoms with van der Waals surface area (Å²) < 4.78 is 7.28. The maximum atomic E-state index is 13.2. The van der Waals surface area contributed by atoms with Crippen LogP contribution in [0, 0.1) is 13.8 Å². The van der Waals surface area contributed by atoms with Crippen LogP contribution in [0.3, 0.4) is 0 Å². The standard InChI is InChI=1S/C24H28N4O2/c1-18-8-10-20(11-9-18)23(17-27-12-14-30-15-13-27)26-24(29)22-16-25-28(19(22)2)21-6-4-3-5-7-21/h3-11,16,23H,12-15,17H2,1-2H3,(H,26,29). The van der Waals surface area contributed by atoms with Gasteiger partial charge in [0.1, 0.15) is 0 Å². The molecule has 1 unspecified atom stereocenters. The van der Waals surface area contributed by atoms with Gasteiger partial charge in [0, 0.05) is 19.6 Å². The number of hydrogen-bond donors (Lipinski definition) is 1. The monoisotopic (exact) mass is 404 g/mol. The highest BCUT2D eigenvalue weighted by Gasteiger charge is 2.23. The van der Waals surface area contributed by atoms with Gasteiger partial charge >= 0.3 is 0 Å². The Balaban J connectivity index is 1.55. The molecule has 2 aromatic carbocycles. The van der Waals surface area contributed by atoms with Crippen molar-refractivity contribution in [2.24, 2.45) is 0 Å². The van der Waals surface area contributed by atoms with Gasteiger partial charge < -0.3 is 10.1 Å². The molecule has 6 heteroatoms. The zero-order valence-electron chi connectivity index (χ0n) is 17.5. The first-order chi connectivity index (χ1) is 14.6. The molecule has 30 heavy (non-hydrogen) atoms. The van der Waals surface area contributed by atoms with E-state index in [4.69, 9.17) is 4.74 Å². The molecule has 1 N–H and O–H groups in total. The van der Waals surface area contributed by atoms with Gasteiger partial charge in [0.2, 0.25) is 0 Å². The molecular formula is C24H28N4O2. The quantitative estimate of drug-likeness (QED) is 0.685. The summed E-state index contributed by atoms with van der Waals surface area (Å²) in [5, 5.41) is 7.69. The molecule has 2 heterocycles. The largest absolute Gasteiger partial charge is 0.379 e. The van der Waals surface area contributed by atoms with Crippen molar-refractivity contribution < 1.29 is 9.53 Å². The summed E-state index contributed by atoms with van der Waals surface area (Å²) in [7, 11) is 0. The number of carbonyl (C=O) groups is 1. The summed E-state index contributed by atoms with van der Waals surface area (Å²) >= 11 is 0. The minimum absolute atomic E-state index is 0.101. The van der Waals surface area contributed by atoms with E-state index in [2.05, 4.69) is 46.5 Å². The molecule has 156 valence electrons. The second-order valence-corrected chi connectivity index (χ2v) is 7.74. The lowest BCUT2D eigenvalue weighted by Crippen LogP contribution is -2.43. The van der Waals surface area contributed by atoms with Gasteiger partial charge in [-0.2, -0.15) is 5.10 Å². The average molecular weight is 405 g/mol. The van der Waals surface area contributed by atoms with E-state index in [1.807, 2.05) is 37.3 Å². The third-order valence-electron chi connectivity index (χ3n) is 5.58. The van der Waals surface area contributed by atoms with Gasteiger partial charge in [-0.25, -0.2) is 4.68 Å². The normalized spacial score (nSPS) is 15.7. The molecule has 1 atom stereocenters. The fourth-order valence-corrected chi connectivity index (χ4v) is 3.77. The summed E-state index contributed by atoms with van der Waals surface area (Å²) in [5.41, 5.74) is 4.67. The van der Waals surface area contributed by atoms with Crippen LogP contribution in [-0.4, -0.2) is 53.4 Å². The van der Waals surface area contributed by atoms with E-state index < -0.39 is 0 Å². The van der Waals surface area contributed by atoms with Crippen LogP contribution < -0.4 is 5.32 Å². The number of aryl methyl sites for hydroxylation is 1. The first-order valence-electron chi connectivity index (χ1n) is 10.4. The van der Waals surface area contributed by atoms with Crippen molar-refractivity contribution in [3.8, 4) is 5.69 Å². The fourth-order valence-electron chi connectivity index (χ4n) is 3.77. The van der Waals surface area contributed by atoms with Crippen LogP contribution >= 0.6 is 0 Å². The van der Waals surface area contributed by atoms with E-state index >= 15 is 0 Å². The van der Waals surface area contributed by atoms with Gasteiger partial charge in [-0.15, -0.1) is 0 Å². The minimum Gasteiger partial charge on any atom is -0.379 e. The highest BCUT2D eigenvalue weighted by molar-refractivity contribution is 5.95. The Morgan fingerprint density at radius 1 is 1.07 bits per heavy atom. The van der Waals surface area contributed by atoms with Crippen LogP contribution in [0.25, 0.3) is 5.69 Å². The second kappa shape index (κ2) is 9.24. The van der Waals surface area contributed by atoms with Crippen molar-refractivity contribution in [3.05, 3.63) is 83.2 Å². The lowest BCUT2D eigenvalue weighted by molar-refractivity contribution is 0.0332. The van der Waals surface area contributed by atoms with Crippen LogP contribution in [0.1, 0.15) is 33.2 Å². The van der Waals surface area contributed by atoms with Gasteiger partial charge in [0.05, 0.1) is 42.4 Å². The number of aromatic nitrogens is 2. The van der Waals surface area contributed by atoms with Crippen molar-refractivity contribution in [2.75, 3.05) is 32.8 Å². The molecule has 4 rings (SSSR count). The molecule has 1 aliphatic heterocycles. The van der Waals surface area contributed by atoms with Gasteiger partial charge in [-0.1, -0.05) is 48.0 Å². The van der Waals surface area contributed by atoms with Crippen LogP contribution in [0.2, 0.25) is 0 Å². The molecule has 0 spiro atoms. The molecule has 1 fully saturated rings. The lowest BCUT2D eigenvalue weighted by Gasteiger charge is -2.31. The van der Waals surface area contributed by atoms with Crippen LogP contribution in [0.15, 0.2) is 60.8 Å². The average Bonchev–Trinajstić information content (AvgIpc) is 3.16. The van der Waals surface area contributed by atoms with E-state index in [0.717, 1.165) is 49.8 Å². The number of benzene rings is 2. The van der Waals surface area contributed by atoms with Crippen LogP contribution in [0.4, 0.5) is 0 Å². The summed E-state index contributed by atoms with van der Waals surface area (Å²) in [6.45, 7) is 7.98. The fraction of sp³-hybridized carbons (Fsp3) is 0.333. The predicted molar refractivity (Wildman–Crippen MR) is 117 cm³/mol. The Labute approximate surface area is 177 Å². The van der Waals surface area contributed by atoms with E-state index in [1.54, 1.807) is 10.9 Å². The molecular weight excluding hydrogens is 376 g/mol. The zero-order chi connectivity index (χ0) is 20.9. The Hall–Kier alpha value is -2.96. The summed E-state index contributed by atoms with van der Waals surface area (Å²) in [6.07, 6.45) is 1.65. The number of nitrogens with zero attached hydrogens (tertiary/aromatic N) is 3. The lowest BCUT2D eigenvalue weighted by atomic mass is 10.0. The van der Waals surface area contributed by atoms with Crippen molar-refractivity contribution in [1.29, 1.82) is 0 Å². The van der Waals surface area contributed by atoms with Crippen molar-refractivity contribution in [3.63, 3.8) is 0 Å². The Morgan fingerprint density at radius 3 is 2.47 bits per heavy atom. The van der Waals surface area contributed by atoms with Gasteiger partial charge in [0.15, 0.2) is 0 Å². The minimum atomic E-state index is -0.103. The van der Waals surface area contributed by atoms with Crippen LogP contribution in [-0.2, 0) is 4.74 Å². The number of para-hydroxylation sites is 1. The van der Waals surface area contributed by atoms with Crippen LogP contribution in [0.5, 0.6) is 0 Å². The number of rotatable bonds is 6. The first kappa shape index (κ1) is 20.3. The Morgan fingerprint density at radius 2 is 1.77 bits per heavy atom. The molecule has 0 radical (unpaired) electrons. The number of hydrogen-bond acceptors (Lipinski definition) is 4. The van der Waals surface area contributed by atoms with Gasteiger partial charge in [-0.05, 0) is 31.5 Å². The summed E-state index contributed by atoms with van der Waals surface area (Å²) in [6, 6.07) is 18.1. The third kappa shape index (κ3) is 4.61. The molecule has 3 aromatic rings. The third-order valence-corrected chi connectivity index (χ3v) is 5.58. The number of carbonyl (C=O) groups excluding carboxylic acids is 1. The predicted octanol–water partition coefficient (Wildman–Crippen LogP) is 3.29. The van der Waals surface area contributed by atoms with Gasteiger partial charge in [-0.3, -0.25) is 9.69 Å². The maximum absolute atomic E-state index is 13.2. The molecule has 0 saturated carbocycles. The zero-order valence-corrected chi connectivity index (χ0v) is 17.5. The molecule has 0 aliphatic carbocycles. The molecule has 0 bridgehead atoms. The highest BCUT2D eigenvalue weighted by Crippen LogP contribution is 2.19. The Bertz CT molecular complexity index is 976. The topological polar surface area (TPSA) is 59.4 Å². The van der Waals surface area contributed by atoms with E-state index in [9.17, 15) is 4.79 Å². The van der Waals surface area contributed by atoms with Crippen molar-refractivity contribution >= 4 is 5.91 Å². The second-order valence-electron chi connectivity index (χ2n) is 7.74. The van der Waals surface area contributed by atoms with Crippen molar-refractivity contribution in [1.82, 2.24) is 20.0 Å². The number of morpholine rings is 1. The van der Waals surface area contributed by atoms with E-state index in [1.165, 1.54) is 5.56 Å². The molecule has 1 aliphatic rings. The first-order valence-corrected chi connectivity index (χ1v) is 10.4. The molecule has 1 aromatic heterocycles. The maximum Gasteiger partial charge on any atom is 0.255 e. The molecule has 1 saturated heterocycles. The number of nitrogens with one attached hydrogen (secondary N) is 1. The molecule has 6 nitrogen and oxygen atoms in total. The van der Waals surface area contributed by atoms with E-state index in [-0.39, 0.29) is 11.9 Å². The summed E-state index contributed by atoms with van der Waals surface area (Å²) in [4.78, 5) is 15.5. The SMILES string of the molecule is Cc1ccc(C(CN2CCOCC2)NC(=O)c2cnn(-c3ccccc3)c2C)cc1. The Kier molecular flexibility index (Phi) is 6.26. The van der Waals surface area contributed by atoms with E-state index in [0.29, 0.717) is 5.56 Å².